The van der Waals surface area contributed by atoms with Crippen molar-refractivity contribution in [3.05, 3.63) is 51.7 Å². The molecule has 0 bridgehead atoms. The van der Waals surface area contributed by atoms with Gasteiger partial charge in [-0.2, -0.15) is 0 Å². The van der Waals surface area contributed by atoms with E-state index in [1.165, 1.54) is 10.4 Å². The van der Waals surface area contributed by atoms with Crippen LogP contribution in [0.15, 0.2) is 40.7 Å². The van der Waals surface area contributed by atoms with Gasteiger partial charge in [0.25, 0.3) is 0 Å². The van der Waals surface area contributed by atoms with Crippen LogP contribution in [0.4, 0.5) is 0 Å². The van der Waals surface area contributed by atoms with Crippen molar-refractivity contribution in [1.29, 1.82) is 0 Å². The van der Waals surface area contributed by atoms with E-state index in [2.05, 4.69) is 30.5 Å². The lowest BCUT2D eigenvalue weighted by Gasteiger charge is -2.16. The summed E-state index contributed by atoms with van der Waals surface area (Å²) in [6.07, 6.45) is 3.30. The Bertz CT molecular complexity index is 615. The van der Waals surface area contributed by atoms with E-state index in [4.69, 9.17) is 9.73 Å². The predicted octanol–water partition coefficient (Wildman–Crippen LogP) is 4.32. The number of aliphatic imine (C=N–C) groups is 1. The van der Waals surface area contributed by atoms with Gasteiger partial charge in [-0.05, 0) is 30.0 Å². The van der Waals surface area contributed by atoms with Gasteiger partial charge >= 0.3 is 0 Å². The SMILES string of the molecule is CCCCOc1ccccc1C1=NCCc2sccc21. The molecular weight excluding hydrogens is 266 g/mol. The van der Waals surface area contributed by atoms with E-state index in [1.807, 2.05) is 23.5 Å². The molecule has 1 aliphatic heterocycles. The molecule has 0 saturated carbocycles. The minimum Gasteiger partial charge on any atom is -0.493 e. The molecule has 3 heteroatoms. The number of hydrogen-bond acceptors (Lipinski definition) is 3. The average molecular weight is 285 g/mol. The molecule has 2 aromatic rings. The maximum absolute atomic E-state index is 5.94. The number of rotatable bonds is 5. The van der Waals surface area contributed by atoms with E-state index in [-0.39, 0.29) is 0 Å². The maximum atomic E-state index is 5.94. The third-order valence-electron chi connectivity index (χ3n) is 3.51. The first-order valence-electron chi connectivity index (χ1n) is 7.23. The Morgan fingerprint density at radius 3 is 3.00 bits per heavy atom. The quantitative estimate of drug-likeness (QED) is 0.750. The molecule has 20 heavy (non-hydrogen) atoms. The number of para-hydroxylation sites is 1. The predicted molar refractivity (Wildman–Crippen MR) is 85.4 cm³/mol. The van der Waals surface area contributed by atoms with E-state index < -0.39 is 0 Å². The van der Waals surface area contributed by atoms with Crippen molar-refractivity contribution >= 4 is 17.0 Å². The summed E-state index contributed by atoms with van der Waals surface area (Å²) in [7, 11) is 0. The highest BCUT2D eigenvalue weighted by molar-refractivity contribution is 7.10. The summed E-state index contributed by atoms with van der Waals surface area (Å²) in [6.45, 7) is 3.83. The highest BCUT2D eigenvalue weighted by Gasteiger charge is 2.19. The number of nitrogens with zero attached hydrogens (tertiary/aromatic N) is 1. The van der Waals surface area contributed by atoms with Crippen molar-refractivity contribution in [3.63, 3.8) is 0 Å². The summed E-state index contributed by atoms with van der Waals surface area (Å²) >= 11 is 1.83. The molecule has 0 unspecified atom stereocenters. The van der Waals surface area contributed by atoms with Crippen molar-refractivity contribution in [3.8, 4) is 5.75 Å². The van der Waals surface area contributed by atoms with Crippen LogP contribution in [0, 0.1) is 0 Å². The minimum absolute atomic E-state index is 0.775. The summed E-state index contributed by atoms with van der Waals surface area (Å²) in [5.41, 5.74) is 3.51. The Labute approximate surface area is 124 Å². The molecule has 0 amide bonds. The van der Waals surface area contributed by atoms with Gasteiger partial charge in [0.2, 0.25) is 0 Å². The molecular formula is C17H19NOS. The second kappa shape index (κ2) is 6.23. The highest BCUT2D eigenvalue weighted by Crippen LogP contribution is 2.29. The van der Waals surface area contributed by atoms with Crippen molar-refractivity contribution in [2.75, 3.05) is 13.2 Å². The summed E-state index contributed by atoms with van der Waals surface area (Å²) in [6, 6.07) is 10.4. The summed E-state index contributed by atoms with van der Waals surface area (Å²) in [5, 5.41) is 2.16. The zero-order valence-corrected chi connectivity index (χ0v) is 12.6. The number of thiophene rings is 1. The van der Waals surface area contributed by atoms with E-state index in [0.717, 1.165) is 49.4 Å². The van der Waals surface area contributed by atoms with Gasteiger partial charge in [0, 0.05) is 29.0 Å². The fourth-order valence-corrected chi connectivity index (χ4v) is 3.31. The van der Waals surface area contributed by atoms with Crippen LogP contribution in [0.25, 0.3) is 0 Å². The molecule has 0 spiro atoms. The third kappa shape index (κ3) is 2.63. The molecule has 2 nitrogen and oxygen atoms in total. The lowest BCUT2D eigenvalue weighted by molar-refractivity contribution is 0.309. The monoisotopic (exact) mass is 285 g/mol. The van der Waals surface area contributed by atoms with Gasteiger partial charge in [0.15, 0.2) is 0 Å². The molecule has 1 aromatic heterocycles. The van der Waals surface area contributed by atoms with Crippen molar-refractivity contribution in [2.24, 2.45) is 4.99 Å². The first kappa shape index (κ1) is 13.4. The smallest absolute Gasteiger partial charge is 0.128 e. The molecule has 3 rings (SSSR count). The normalized spacial score (nSPS) is 13.8. The molecule has 0 radical (unpaired) electrons. The van der Waals surface area contributed by atoms with Crippen LogP contribution in [-0.4, -0.2) is 18.9 Å². The molecule has 104 valence electrons. The van der Waals surface area contributed by atoms with Crippen LogP contribution < -0.4 is 4.74 Å². The van der Waals surface area contributed by atoms with Crippen LogP contribution >= 0.6 is 11.3 Å². The lowest BCUT2D eigenvalue weighted by Crippen LogP contribution is -2.13. The van der Waals surface area contributed by atoms with Crippen molar-refractivity contribution in [2.45, 2.75) is 26.2 Å². The number of fused-ring (bicyclic) bond motifs is 1. The molecule has 0 aliphatic carbocycles. The van der Waals surface area contributed by atoms with Gasteiger partial charge in [-0.3, -0.25) is 4.99 Å². The Morgan fingerprint density at radius 1 is 1.20 bits per heavy atom. The first-order chi connectivity index (χ1) is 9.90. The van der Waals surface area contributed by atoms with Crippen LogP contribution in [0.3, 0.4) is 0 Å². The van der Waals surface area contributed by atoms with Crippen LogP contribution in [0.5, 0.6) is 5.75 Å². The van der Waals surface area contributed by atoms with Crippen LogP contribution in [0.1, 0.15) is 35.8 Å². The van der Waals surface area contributed by atoms with E-state index in [0.29, 0.717) is 0 Å². The van der Waals surface area contributed by atoms with Gasteiger partial charge in [0.1, 0.15) is 5.75 Å². The molecule has 0 saturated heterocycles. The lowest BCUT2D eigenvalue weighted by atomic mass is 9.99. The Kier molecular flexibility index (Phi) is 4.16. The maximum Gasteiger partial charge on any atom is 0.128 e. The minimum atomic E-state index is 0.775. The molecule has 0 fully saturated rings. The topological polar surface area (TPSA) is 21.6 Å². The number of benzene rings is 1. The van der Waals surface area contributed by atoms with E-state index in [1.54, 1.807) is 0 Å². The first-order valence-corrected chi connectivity index (χ1v) is 8.11. The summed E-state index contributed by atoms with van der Waals surface area (Å²) in [4.78, 5) is 6.19. The van der Waals surface area contributed by atoms with Gasteiger partial charge < -0.3 is 4.74 Å². The summed E-state index contributed by atoms with van der Waals surface area (Å²) in [5.74, 6) is 0.957. The standard InChI is InChI=1S/C17H19NOS/c1-2-3-11-19-15-7-5-4-6-13(15)17-14-9-12-20-16(14)8-10-18-17/h4-7,9,12H,2-3,8,10-11H2,1H3. The van der Waals surface area contributed by atoms with Gasteiger partial charge in [0.05, 0.1) is 12.3 Å². The number of unbranched alkanes of at least 4 members (excludes halogenated alkanes) is 1. The van der Waals surface area contributed by atoms with Crippen LogP contribution in [-0.2, 0) is 6.42 Å². The molecule has 1 aromatic carbocycles. The fourth-order valence-electron chi connectivity index (χ4n) is 2.44. The zero-order chi connectivity index (χ0) is 13.8. The van der Waals surface area contributed by atoms with Gasteiger partial charge in [-0.1, -0.05) is 25.5 Å². The molecule has 0 atom stereocenters. The van der Waals surface area contributed by atoms with E-state index in [9.17, 15) is 0 Å². The molecule has 1 aliphatic rings. The molecule has 0 N–H and O–H groups in total. The van der Waals surface area contributed by atoms with Gasteiger partial charge in [-0.15, -0.1) is 11.3 Å². The van der Waals surface area contributed by atoms with Crippen molar-refractivity contribution < 1.29 is 4.74 Å². The summed E-state index contributed by atoms with van der Waals surface area (Å²) < 4.78 is 5.94. The fraction of sp³-hybridized carbons (Fsp3) is 0.353. The Morgan fingerprint density at radius 2 is 2.10 bits per heavy atom. The average Bonchev–Trinajstić information content (AvgIpc) is 2.96. The zero-order valence-electron chi connectivity index (χ0n) is 11.8. The largest absolute Gasteiger partial charge is 0.493 e. The Balaban J connectivity index is 1.92. The molecule has 2 heterocycles. The second-order valence-corrected chi connectivity index (χ2v) is 5.94. The van der Waals surface area contributed by atoms with Crippen LogP contribution in [0.2, 0.25) is 0 Å². The number of hydrogen-bond donors (Lipinski definition) is 0. The van der Waals surface area contributed by atoms with E-state index >= 15 is 0 Å². The second-order valence-electron chi connectivity index (χ2n) is 4.94. The number of ether oxygens (including phenoxy) is 1. The van der Waals surface area contributed by atoms with Crippen molar-refractivity contribution in [1.82, 2.24) is 0 Å². The highest BCUT2D eigenvalue weighted by atomic mass is 32.1. The third-order valence-corrected chi connectivity index (χ3v) is 4.49. The van der Waals surface area contributed by atoms with Gasteiger partial charge in [-0.25, -0.2) is 0 Å². The Hall–Kier alpha value is -1.61.